The highest BCUT2D eigenvalue weighted by Gasteiger charge is 2.42. The molecule has 0 N–H and O–H groups in total. The van der Waals surface area contributed by atoms with E-state index in [-0.39, 0.29) is 11.1 Å². The second-order valence-corrected chi connectivity index (χ2v) is 7.27. The van der Waals surface area contributed by atoms with Gasteiger partial charge in [0.2, 0.25) is 0 Å². The summed E-state index contributed by atoms with van der Waals surface area (Å²) in [5.74, 6) is -1.88. The molecule has 1 aromatic heterocycles. The predicted octanol–water partition coefficient (Wildman–Crippen LogP) is 1.09. The van der Waals surface area contributed by atoms with Crippen LogP contribution in [-0.2, 0) is 23.7 Å². The maximum Gasteiger partial charge on any atom is 0.329 e. The summed E-state index contributed by atoms with van der Waals surface area (Å²) in [5, 5.41) is 14.9. The van der Waals surface area contributed by atoms with Crippen LogP contribution < -0.4 is 26.4 Å². The van der Waals surface area contributed by atoms with E-state index in [1.807, 2.05) is 0 Å². The molecule has 9 heteroatoms. The minimum absolute atomic E-state index is 0.145. The maximum absolute atomic E-state index is 13.2. The normalized spacial score (nSPS) is 13.9. The number of para-hydroxylation sites is 2. The molecule has 0 radical (unpaired) electrons. The number of carbonyl (C=O) groups excluding carboxylic acids is 2. The number of hydrazine groups is 1. The molecule has 2 aromatic carbocycles. The number of benzene rings is 2. The van der Waals surface area contributed by atoms with Crippen LogP contribution in [0.2, 0.25) is 0 Å². The molecule has 1 aliphatic rings. The van der Waals surface area contributed by atoms with Crippen molar-refractivity contribution in [3.63, 3.8) is 0 Å². The summed E-state index contributed by atoms with van der Waals surface area (Å²) in [7, 11) is 2.53. The number of amides is 2. The van der Waals surface area contributed by atoms with Crippen molar-refractivity contribution in [1.82, 2.24) is 9.13 Å². The van der Waals surface area contributed by atoms with Gasteiger partial charge in [-0.05, 0) is 42.3 Å². The first kappa shape index (κ1) is 21.6. The van der Waals surface area contributed by atoms with E-state index in [1.54, 1.807) is 60.7 Å². The average molecular weight is 443 g/mol. The maximum atomic E-state index is 13.2. The van der Waals surface area contributed by atoms with Crippen LogP contribution in [0.5, 0.6) is 5.88 Å². The van der Waals surface area contributed by atoms with Crippen molar-refractivity contribution in [2.45, 2.75) is 0 Å². The topological polar surface area (TPSA) is 108 Å². The van der Waals surface area contributed by atoms with E-state index in [1.165, 1.54) is 42.3 Å². The van der Waals surface area contributed by atoms with Crippen LogP contribution in [0.3, 0.4) is 0 Å². The summed E-state index contributed by atoms with van der Waals surface area (Å²) in [4.78, 5) is 50.6. The molecule has 0 aliphatic carbocycles. The molecule has 1 fully saturated rings. The Morgan fingerprint density at radius 3 is 1.70 bits per heavy atom. The summed E-state index contributed by atoms with van der Waals surface area (Å²) in [6.45, 7) is 0. The van der Waals surface area contributed by atoms with Gasteiger partial charge in [0.15, 0.2) is 0 Å². The highest BCUT2D eigenvalue weighted by atomic mass is 16.3. The molecular formula is C24H19N4O5-. The lowest BCUT2D eigenvalue weighted by molar-refractivity contribution is -0.280. The second-order valence-electron chi connectivity index (χ2n) is 7.27. The Balaban J connectivity index is 1.78. The number of carbonyl (C=O) groups is 2. The van der Waals surface area contributed by atoms with E-state index in [9.17, 15) is 24.3 Å². The highest BCUT2D eigenvalue weighted by molar-refractivity contribution is 6.36. The molecule has 0 saturated carbocycles. The molecule has 0 spiro atoms. The number of hydrogen-bond acceptors (Lipinski definition) is 5. The van der Waals surface area contributed by atoms with Gasteiger partial charge >= 0.3 is 5.69 Å². The Bertz CT molecular complexity index is 1360. The van der Waals surface area contributed by atoms with Gasteiger partial charge in [-0.3, -0.25) is 19.0 Å². The largest absolute Gasteiger partial charge is 0.859 e. The number of hydrogen-bond donors (Lipinski definition) is 0. The smallest absolute Gasteiger partial charge is 0.329 e. The van der Waals surface area contributed by atoms with E-state index in [4.69, 9.17) is 0 Å². The third kappa shape index (κ3) is 3.65. The number of rotatable bonds is 4. The molecule has 33 heavy (non-hydrogen) atoms. The van der Waals surface area contributed by atoms with Gasteiger partial charge in [0.05, 0.1) is 11.4 Å². The molecule has 166 valence electrons. The highest BCUT2D eigenvalue weighted by Crippen LogP contribution is 2.31. The van der Waals surface area contributed by atoms with Gasteiger partial charge in [0.1, 0.15) is 5.57 Å². The van der Waals surface area contributed by atoms with Gasteiger partial charge in [0, 0.05) is 19.7 Å². The van der Waals surface area contributed by atoms with Gasteiger partial charge < -0.3 is 9.67 Å². The van der Waals surface area contributed by atoms with Crippen molar-refractivity contribution >= 4 is 29.3 Å². The van der Waals surface area contributed by atoms with Gasteiger partial charge in [0.25, 0.3) is 17.4 Å². The minimum Gasteiger partial charge on any atom is -0.859 e. The van der Waals surface area contributed by atoms with Gasteiger partial charge in [-0.25, -0.2) is 14.8 Å². The summed E-state index contributed by atoms with van der Waals surface area (Å²) >= 11 is 0. The molecule has 4 rings (SSSR count). The number of aromatic nitrogens is 2. The monoisotopic (exact) mass is 443 g/mol. The fourth-order valence-corrected chi connectivity index (χ4v) is 3.48. The van der Waals surface area contributed by atoms with E-state index in [2.05, 4.69) is 0 Å². The lowest BCUT2D eigenvalue weighted by Gasteiger charge is -2.27. The van der Waals surface area contributed by atoms with Crippen molar-refractivity contribution in [1.29, 1.82) is 0 Å². The van der Waals surface area contributed by atoms with Crippen LogP contribution in [0.1, 0.15) is 5.56 Å². The van der Waals surface area contributed by atoms with Gasteiger partial charge in [-0.1, -0.05) is 42.5 Å². The Hall–Kier alpha value is -4.66. The van der Waals surface area contributed by atoms with E-state index >= 15 is 0 Å². The summed E-state index contributed by atoms with van der Waals surface area (Å²) in [6.07, 6.45) is 3.73. The molecular weight excluding hydrogens is 424 g/mol. The summed E-state index contributed by atoms with van der Waals surface area (Å²) in [6, 6.07) is 17.4. The van der Waals surface area contributed by atoms with Crippen molar-refractivity contribution in [3.05, 3.63) is 105 Å². The Kier molecular flexibility index (Phi) is 5.53. The molecule has 9 nitrogen and oxygen atoms in total. The van der Waals surface area contributed by atoms with Crippen LogP contribution in [-0.4, -0.2) is 20.9 Å². The van der Waals surface area contributed by atoms with Gasteiger partial charge in [-0.15, -0.1) is 0 Å². The standard InChI is InChI=1S/C24H20N4O5/c1-25-20(29)18(21(30)26(2)24(25)33)14-9-15-19-22(31)27(16-10-5-3-6-11-16)28(23(19)32)17-12-7-4-8-13-17/h3-15,29H,1-2H3/p-1. The lowest BCUT2D eigenvalue weighted by Crippen LogP contribution is -2.41. The van der Waals surface area contributed by atoms with Crippen LogP contribution >= 0.6 is 0 Å². The lowest BCUT2D eigenvalue weighted by atomic mass is 10.2. The Morgan fingerprint density at radius 1 is 0.727 bits per heavy atom. The number of anilines is 2. The predicted molar refractivity (Wildman–Crippen MR) is 121 cm³/mol. The van der Waals surface area contributed by atoms with Crippen molar-refractivity contribution in [2.24, 2.45) is 14.1 Å². The molecule has 0 unspecified atom stereocenters. The average Bonchev–Trinajstić information content (AvgIpc) is 3.09. The quantitative estimate of drug-likeness (QED) is 0.443. The third-order valence-corrected chi connectivity index (χ3v) is 5.22. The van der Waals surface area contributed by atoms with E-state index < -0.39 is 28.9 Å². The fraction of sp³-hybridized carbons (Fsp3) is 0.0833. The first-order valence-corrected chi connectivity index (χ1v) is 9.97. The SMILES string of the molecule is Cn1c([O-])c(C=CC=C2C(=O)N(c3ccccc3)N(c3ccccc3)C2=O)c(=O)n(C)c1=O. The minimum atomic E-state index is -0.765. The second kappa shape index (κ2) is 8.46. The van der Waals surface area contributed by atoms with Crippen LogP contribution in [0.15, 0.2) is 88.0 Å². The van der Waals surface area contributed by atoms with Crippen molar-refractivity contribution in [3.8, 4) is 5.88 Å². The summed E-state index contributed by atoms with van der Waals surface area (Å²) < 4.78 is 1.63. The molecule has 3 aromatic rings. The summed E-state index contributed by atoms with van der Waals surface area (Å²) in [5.41, 5.74) is -0.902. The van der Waals surface area contributed by atoms with E-state index in [0.717, 1.165) is 9.13 Å². The first-order valence-electron chi connectivity index (χ1n) is 9.97. The zero-order valence-corrected chi connectivity index (χ0v) is 17.8. The Morgan fingerprint density at radius 2 is 1.21 bits per heavy atom. The van der Waals surface area contributed by atoms with Crippen LogP contribution in [0, 0.1) is 0 Å². The molecule has 2 amide bonds. The zero-order chi connectivity index (χ0) is 23.7. The number of nitrogens with zero attached hydrogens (tertiary/aromatic N) is 4. The zero-order valence-electron chi connectivity index (χ0n) is 17.8. The van der Waals surface area contributed by atoms with Crippen LogP contribution in [0.25, 0.3) is 6.08 Å². The number of allylic oxidation sites excluding steroid dienone is 2. The van der Waals surface area contributed by atoms with Gasteiger partial charge in [-0.2, -0.15) is 0 Å². The molecule has 1 aliphatic heterocycles. The Labute approximate surface area is 188 Å². The van der Waals surface area contributed by atoms with Crippen molar-refractivity contribution < 1.29 is 14.7 Å². The van der Waals surface area contributed by atoms with Crippen LogP contribution in [0.4, 0.5) is 11.4 Å². The fourth-order valence-electron chi connectivity index (χ4n) is 3.48. The molecule has 2 heterocycles. The van der Waals surface area contributed by atoms with E-state index in [0.29, 0.717) is 11.4 Å². The first-order chi connectivity index (χ1) is 15.8. The third-order valence-electron chi connectivity index (χ3n) is 5.22. The molecule has 0 bridgehead atoms. The van der Waals surface area contributed by atoms with Crippen molar-refractivity contribution in [2.75, 3.05) is 10.0 Å². The molecule has 1 saturated heterocycles. The molecule has 0 atom stereocenters.